The number of carbonyl (C=O) groups is 6. The van der Waals surface area contributed by atoms with Gasteiger partial charge in [-0.05, 0) is 38.5 Å². The van der Waals surface area contributed by atoms with Crippen LogP contribution in [-0.4, -0.2) is 212 Å². The summed E-state index contributed by atoms with van der Waals surface area (Å²) in [5.41, 5.74) is 6.00. The summed E-state index contributed by atoms with van der Waals surface area (Å²) in [4.78, 5) is 71.6. The molecule has 2 saturated heterocycles. The second-order valence-electron chi connectivity index (χ2n) is 16.0. The van der Waals surface area contributed by atoms with Crippen molar-refractivity contribution >= 4 is 35.4 Å². The van der Waals surface area contributed by atoms with E-state index in [4.69, 9.17) is 34.2 Å². The molecule has 2 fully saturated rings. The maximum absolute atomic E-state index is 12.2. The Morgan fingerprint density at radius 2 is 0.864 bits per heavy atom. The van der Waals surface area contributed by atoms with Crippen molar-refractivity contribution in [2.45, 2.75) is 145 Å². The summed E-state index contributed by atoms with van der Waals surface area (Å²) in [5.74, 6) is -1.70. The molecule has 25 heteroatoms. The van der Waals surface area contributed by atoms with Crippen LogP contribution < -0.4 is 37.6 Å². The molecular formula is C41H75N7O18. The molecule has 0 radical (unpaired) electrons. The van der Waals surface area contributed by atoms with Gasteiger partial charge < -0.3 is 96.7 Å². The lowest BCUT2D eigenvalue weighted by Gasteiger charge is -2.42. The van der Waals surface area contributed by atoms with E-state index < -0.39 is 92.4 Å². The molecule has 0 aromatic carbocycles. The van der Waals surface area contributed by atoms with Crippen molar-refractivity contribution in [3.63, 3.8) is 0 Å². The minimum atomic E-state index is -1.40. The van der Waals surface area contributed by atoms with Gasteiger partial charge in [-0.3, -0.25) is 28.8 Å². The Kier molecular flexibility index (Phi) is 29.9. The van der Waals surface area contributed by atoms with Gasteiger partial charge in [0.1, 0.15) is 48.7 Å². The van der Waals surface area contributed by atoms with E-state index in [0.717, 1.165) is 0 Å². The molecule has 0 aliphatic carbocycles. The number of nitrogens with two attached hydrogens (primary N) is 1. The SMILES string of the molecule is CC(=O)N[C@H]1[C@H](OCCCCC(=O)NCCCNC(=O)CCOCC(N)COCCC(=O)NCCCNC(=O)CCCCO[C@@H]2O[C@H](CO)[C@H](O)[C@H](O)[C@H]2NC(C)=O)O[C@H](CO)[C@H](O)[C@@H]1O. The van der Waals surface area contributed by atoms with Gasteiger partial charge in [0, 0.05) is 78.9 Å². The number of aliphatic hydroxyl groups excluding tert-OH is 6. The molecule has 0 unspecified atom stereocenters. The maximum atomic E-state index is 12.2. The molecular weight excluding hydrogens is 878 g/mol. The quantitative estimate of drug-likeness (QED) is 0.0268. The number of unbranched alkanes of at least 4 members (excludes halogenated alkanes) is 2. The number of rotatable bonds is 34. The minimum Gasteiger partial charge on any atom is -0.394 e. The van der Waals surface area contributed by atoms with Crippen LogP contribution in [-0.2, 0) is 57.2 Å². The van der Waals surface area contributed by atoms with Gasteiger partial charge in [-0.1, -0.05) is 0 Å². The van der Waals surface area contributed by atoms with Gasteiger partial charge in [0.05, 0.1) is 45.7 Å². The lowest BCUT2D eigenvalue weighted by atomic mass is 9.97. The summed E-state index contributed by atoms with van der Waals surface area (Å²) in [6.07, 6.45) is -6.32. The molecule has 0 bridgehead atoms. The normalized spacial score (nSPS) is 25.2. The molecule has 2 aliphatic rings. The second kappa shape index (κ2) is 33.7. The Labute approximate surface area is 384 Å². The minimum absolute atomic E-state index is 0.118. The van der Waals surface area contributed by atoms with Crippen molar-refractivity contribution in [1.29, 1.82) is 0 Å². The number of hydrogen-bond acceptors (Lipinski definition) is 19. The molecule has 6 amide bonds. The molecule has 382 valence electrons. The van der Waals surface area contributed by atoms with Crippen LogP contribution in [0.15, 0.2) is 0 Å². The highest BCUT2D eigenvalue weighted by Gasteiger charge is 2.46. The molecule has 14 N–H and O–H groups in total. The third-order valence-corrected chi connectivity index (χ3v) is 10.3. The highest BCUT2D eigenvalue weighted by Crippen LogP contribution is 2.24. The van der Waals surface area contributed by atoms with Crippen LogP contribution in [0.3, 0.4) is 0 Å². The number of carbonyl (C=O) groups excluding carboxylic acids is 6. The van der Waals surface area contributed by atoms with Crippen molar-refractivity contribution in [2.75, 3.05) is 79.0 Å². The van der Waals surface area contributed by atoms with Gasteiger partial charge in [0.25, 0.3) is 0 Å². The first-order valence-electron chi connectivity index (χ1n) is 22.6. The number of ether oxygens (including phenoxy) is 6. The topological polar surface area (TPSA) is 377 Å². The first kappa shape index (κ1) is 58.4. The second-order valence-corrected chi connectivity index (χ2v) is 16.0. The fourth-order valence-corrected chi connectivity index (χ4v) is 6.69. The van der Waals surface area contributed by atoms with Crippen molar-refractivity contribution in [1.82, 2.24) is 31.9 Å². The predicted molar refractivity (Wildman–Crippen MR) is 230 cm³/mol. The Morgan fingerprint density at radius 1 is 0.515 bits per heavy atom. The van der Waals surface area contributed by atoms with Gasteiger partial charge in [-0.15, -0.1) is 0 Å². The van der Waals surface area contributed by atoms with Crippen molar-refractivity contribution in [2.24, 2.45) is 5.73 Å². The molecule has 0 saturated carbocycles. The van der Waals surface area contributed by atoms with E-state index in [1.807, 2.05) is 0 Å². The van der Waals surface area contributed by atoms with Crippen LogP contribution in [0.2, 0.25) is 0 Å². The number of nitrogens with one attached hydrogen (secondary N) is 6. The standard InChI is InChI=1S/C41H75N7O18/c1-25(51)47-34-38(59)36(57)28(21-49)65-40(34)63-17-5-3-9-30(53)43-13-7-15-45-32(55)11-19-61-23-27(42)24-62-20-12-33(56)46-16-8-14-44-31(54)10-4-6-18-64-41-35(48-26(2)52)39(60)37(58)29(22-50)66-41/h27-29,34-41,49-50,57-60H,3-24,42H2,1-2H3,(H,43,53)(H,44,54)(H,45,55)(H,46,56)(H,47,51)(H,48,52)/t28-,29-,34-,35-,36+,37+,38-,39-,40-,41-/m1/s1. The zero-order valence-corrected chi connectivity index (χ0v) is 38.1. The largest absolute Gasteiger partial charge is 0.394 e. The number of aliphatic hydroxyl groups is 6. The van der Waals surface area contributed by atoms with E-state index in [9.17, 15) is 59.4 Å². The lowest BCUT2D eigenvalue weighted by Crippen LogP contribution is -2.64. The third kappa shape index (κ3) is 23.8. The van der Waals surface area contributed by atoms with E-state index in [-0.39, 0.29) is 89.0 Å². The summed E-state index contributed by atoms with van der Waals surface area (Å²) in [7, 11) is 0. The molecule has 2 heterocycles. The molecule has 66 heavy (non-hydrogen) atoms. The third-order valence-electron chi connectivity index (χ3n) is 10.3. The molecule has 0 aromatic rings. The molecule has 2 rings (SSSR count). The van der Waals surface area contributed by atoms with Crippen molar-refractivity contribution in [3.05, 3.63) is 0 Å². The summed E-state index contributed by atoms with van der Waals surface area (Å²) in [6.45, 7) is 3.72. The van der Waals surface area contributed by atoms with Crippen LogP contribution in [0, 0.1) is 0 Å². The van der Waals surface area contributed by atoms with E-state index in [1.165, 1.54) is 13.8 Å². The van der Waals surface area contributed by atoms with Crippen LogP contribution in [0.25, 0.3) is 0 Å². The van der Waals surface area contributed by atoms with E-state index in [0.29, 0.717) is 64.7 Å². The highest BCUT2D eigenvalue weighted by molar-refractivity contribution is 5.77. The molecule has 0 spiro atoms. The molecule has 2 aliphatic heterocycles. The fourth-order valence-electron chi connectivity index (χ4n) is 6.69. The van der Waals surface area contributed by atoms with E-state index in [2.05, 4.69) is 31.9 Å². The summed E-state index contributed by atoms with van der Waals surface area (Å²) >= 11 is 0. The first-order valence-corrected chi connectivity index (χ1v) is 22.6. The molecule has 0 aromatic heterocycles. The summed E-state index contributed by atoms with van der Waals surface area (Å²) in [5, 5.41) is 75.7. The summed E-state index contributed by atoms with van der Waals surface area (Å²) < 4.78 is 33.2. The van der Waals surface area contributed by atoms with Gasteiger partial charge >= 0.3 is 0 Å². The average molecular weight is 954 g/mol. The van der Waals surface area contributed by atoms with Gasteiger partial charge in [-0.2, -0.15) is 0 Å². The Balaban J connectivity index is 1.39. The Morgan fingerprint density at radius 3 is 1.20 bits per heavy atom. The number of hydrogen-bond donors (Lipinski definition) is 13. The maximum Gasteiger partial charge on any atom is 0.222 e. The van der Waals surface area contributed by atoms with E-state index >= 15 is 0 Å². The Bertz CT molecular complexity index is 1340. The van der Waals surface area contributed by atoms with Crippen molar-refractivity contribution in [3.8, 4) is 0 Å². The highest BCUT2D eigenvalue weighted by atomic mass is 16.7. The molecule has 10 atom stereocenters. The zero-order valence-electron chi connectivity index (χ0n) is 38.1. The zero-order chi connectivity index (χ0) is 48.9. The van der Waals surface area contributed by atoms with Crippen LogP contribution in [0.4, 0.5) is 0 Å². The Hall–Kier alpha value is -3.70. The predicted octanol–water partition coefficient (Wildman–Crippen LogP) is -5.37. The number of amides is 6. The van der Waals surface area contributed by atoms with Gasteiger partial charge in [0.15, 0.2) is 12.6 Å². The first-order chi connectivity index (χ1) is 31.6. The monoisotopic (exact) mass is 954 g/mol. The van der Waals surface area contributed by atoms with Gasteiger partial charge in [0.2, 0.25) is 35.4 Å². The lowest BCUT2D eigenvalue weighted by molar-refractivity contribution is -0.270. The van der Waals surface area contributed by atoms with Crippen LogP contribution in [0.5, 0.6) is 0 Å². The van der Waals surface area contributed by atoms with E-state index in [1.54, 1.807) is 0 Å². The van der Waals surface area contributed by atoms with Crippen molar-refractivity contribution < 1.29 is 87.8 Å². The average Bonchev–Trinajstić information content (AvgIpc) is 3.27. The fraction of sp³-hybridized carbons (Fsp3) is 0.854. The van der Waals surface area contributed by atoms with Crippen LogP contribution >= 0.6 is 0 Å². The van der Waals surface area contributed by atoms with Gasteiger partial charge in [-0.25, -0.2) is 0 Å². The summed E-state index contributed by atoms with van der Waals surface area (Å²) in [6, 6.07) is -2.52. The smallest absolute Gasteiger partial charge is 0.222 e. The van der Waals surface area contributed by atoms with Crippen LogP contribution in [0.1, 0.15) is 78.1 Å². The molecule has 25 nitrogen and oxygen atoms in total.